The minimum atomic E-state index is -0.0437. The number of nitrogens with one attached hydrogen (secondary N) is 1. The molecule has 0 saturated heterocycles. The highest BCUT2D eigenvalue weighted by Crippen LogP contribution is 2.17. The van der Waals surface area contributed by atoms with Crippen LogP contribution in [0.1, 0.15) is 6.42 Å². The zero-order chi connectivity index (χ0) is 13.8. The van der Waals surface area contributed by atoms with Crippen LogP contribution in [0.25, 0.3) is 5.65 Å². The van der Waals surface area contributed by atoms with Crippen LogP contribution in [0.5, 0.6) is 0 Å². The van der Waals surface area contributed by atoms with Crippen LogP contribution < -0.4 is 5.32 Å². The topological polar surface area (TPSA) is 85.1 Å². The summed E-state index contributed by atoms with van der Waals surface area (Å²) in [4.78, 5) is 15.7. The second-order valence-corrected chi connectivity index (χ2v) is 5.80. The van der Waals surface area contributed by atoms with E-state index in [4.69, 9.17) is 0 Å². The number of hydrogen-bond acceptors (Lipinski definition) is 7. The number of fused-ring (bicyclic) bond motifs is 1. The molecule has 0 aromatic carbocycles. The standard InChI is InChI=1S/C11H10N6OS2/c18-9(14-11-12-4-6-20-11)3-5-19-10-2-1-8-15-13-7-17(8)16-10/h1-2,4,6-7H,3,5H2,(H,12,14,18). The molecule has 20 heavy (non-hydrogen) atoms. The van der Waals surface area contributed by atoms with Gasteiger partial charge in [-0.15, -0.1) is 33.3 Å². The van der Waals surface area contributed by atoms with E-state index in [9.17, 15) is 4.79 Å². The van der Waals surface area contributed by atoms with Gasteiger partial charge in [-0.05, 0) is 12.1 Å². The van der Waals surface area contributed by atoms with Gasteiger partial charge in [-0.2, -0.15) is 9.61 Å². The lowest BCUT2D eigenvalue weighted by Gasteiger charge is -2.02. The Labute approximate surface area is 122 Å². The van der Waals surface area contributed by atoms with Crippen molar-refractivity contribution in [2.24, 2.45) is 0 Å². The smallest absolute Gasteiger partial charge is 0.226 e. The summed E-state index contributed by atoms with van der Waals surface area (Å²) in [5.41, 5.74) is 0.705. The molecule has 3 aromatic rings. The predicted octanol–water partition coefficient (Wildman–Crippen LogP) is 1.70. The molecule has 9 heteroatoms. The Hall–Kier alpha value is -2.00. The molecule has 0 saturated carbocycles. The summed E-state index contributed by atoms with van der Waals surface area (Å²) in [6.07, 6.45) is 3.62. The largest absolute Gasteiger partial charge is 0.302 e. The second-order valence-electron chi connectivity index (χ2n) is 3.79. The molecular weight excluding hydrogens is 296 g/mol. The molecule has 0 bridgehead atoms. The summed E-state index contributed by atoms with van der Waals surface area (Å²) in [7, 11) is 0. The van der Waals surface area contributed by atoms with Crippen LogP contribution in [-0.2, 0) is 4.79 Å². The number of aromatic nitrogens is 5. The second kappa shape index (κ2) is 5.97. The summed E-state index contributed by atoms with van der Waals surface area (Å²) in [6, 6.07) is 3.71. The number of thioether (sulfide) groups is 1. The zero-order valence-electron chi connectivity index (χ0n) is 10.3. The van der Waals surface area contributed by atoms with Crippen molar-refractivity contribution in [3.8, 4) is 0 Å². The number of amides is 1. The van der Waals surface area contributed by atoms with E-state index < -0.39 is 0 Å². The molecule has 7 nitrogen and oxygen atoms in total. The van der Waals surface area contributed by atoms with Gasteiger partial charge in [0, 0.05) is 23.8 Å². The Morgan fingerprint density at radius 3 is 3.25 bits per heavy atom. The van der Waals surface area contributed by atoms with Crippen molar-refractivity contribution in [3.05, 3.63) is 30.0 Å². The van der Waals surface area contributed by atoms with E-state index in [2.05, 4.69) is 25.6 Å². The number of nitrogens with zero attached hydrogens (tertiary/aromatic N) is 5. The highest BCUT2D eigenvalue weighted by atomic mass is 32.2. The number of rotatable bonds is 5. The molecule has 0 fully saturated rings. The van der Waals surface area contributed by atoms with Crippen molar-refractivity contribution in [2.45, 2.75) is 11.4 Å². The fourth-order valence-corrected chi connectivity index (χ4v) is 2.85. The quantitative estimate of drug-likeness (QED) is 0.722. The van der Waals surface area contributed by atoms with Crippen molar-refractivity contribution >= 4 is 39.8 Å². The van der Waals surface area contributed by atoms with E-state index >= 15 is 0 Å². The number of hydrogen-bond donors (Lipinski definition) is 1. The minimum absolute atomic E-state index is 0.0437. The lowest BCUT2D eigenvalue weighted by atomic mass is 10.5. The van der Waals surface area contributed by atoms with Crippen LogP contribution in [0, 0.1) is 0 Å². The van der Waals surface area contributed by atoms with E-state index in [1.165, 1.54) is 23.1 Å². The third kappa shape index (κ3) is 3.11. The summed E-state index contributed by atoms with van der Waals surface area (Å²) in [5, 5.41) is 18.0. The third-order valence-corrected chi connectivity index (χ3v) is 4.01. The molecule has 1 N–H and O–H groups in total. The van der Waals surface area contributed by atoms with Crippen molar-refractivity contribution in [2.75, 3.05) is 11.1 Å². The van der Waals surface area contributed by atoms with Crippen LogP contribution in [0.2, 0.25) is 0 Å². The van der Waals surface area contributed by atoms with Crippen LogP contribution in [0.4, 0.5) is 5.13 Å². The van der Waals surface area contributed by atoms with Gasteiger partial charge in [0.25, 0.3) is 0 Å². The molecular formula is C11H10N6OS2. The lowest BCUT2D eigenvalue weighted by molar-refractivity contribution is -0.115. The number of carbonyl (C=O) groups excluding carboxylic acids is 1. The Morgan fingerprint density at radius 1 is 1.45 bits per heavy atom. The zero-order valence-corrected chi connectivity index (χ0v) is 11.9. The first kappa shape index (κ1) is 13.0. The van der Waals surface area contributed by atoms with Crippen molar-refractivity contribution in [3.63, 3.8) is 0 Å². The SMILES string of the molecule is O=C(CCSc1ccc2nncn2n1)Nc1nccs1. The highest BCUT2D eigenvalue weighted by molar-refractivity contribution is 7.99. The molecule has 102 valence electrons. The Bertz CT molecular complexity index is 711. The van der Waals surface area contributed by atoms with E-state index in [0.29, 0.717) is 23.0 Å². The first-order valence-corrected chi connectivity index (χ1v) is 7.67. The molecule has 0 radical (unpaired) electrons. The van der Waals surface area contributed by atoms with Crippen LogP contribution in [-0.4, -0.2) is 36.5 Å². The van der Waals surface area contributed by atoms with Gasteiger partial charge in [-0.25, -0.2) is 4.98 Å². The van der Waals surface area contributed by atoms with E-state index in [0.717, 1.165) is 5.03 Å². The molecule has 0 aliphatic rings. The maximum absolute atomic E-state index is 11.7. The maximum Gasteiger partial charge on any atom is 0.226 e. The monoisotopic (exact) mass is 306 g/mol. The average Bonchev–Trinajstić information content (AvgIpc) is 3.09. The van der Waals surface area contributed by atoms with Crippen LogP contribution >= 0.6 is 23.1 Å². The van der Waals surface area contributed by atoms with Gasteiger partial charge < -0.3 is 5.32 Å². The summed E-state index contributed by atoms with van der Waals surface area (Å²) >= 11 is 2.92. The maximum atomic E-state index is 11.7. The first-order valence-electron chi connectivity index (χ1n) is 5.80. The molecule has 3 heterocycles. The van der Waals surface area contributed by atoms with Gasteiger partial charge in [-0.3, -0.25) is 4.79 Å². The van der Waals surface area contributed by atoms with Crippen molar-refractivity contribution in [1.29, 1.82) is 0 Å². The number of thiazole rings is 1. The third-order valence-electron chi connectivity index (χ3n) is 2.39. The van der Waals surface area contributed by atoms with E-state index in [1.54, 1.807) is 17.0 Å². The molecule has 3 rings (SSSR count). The summed E-state index contributed by atoms with van der Waals surface area (Å²) < 4.78 is 1.61. The first-order chi connectivity index (χ1) is 9.81. The average molecular weight is 306 g/mol. The fourth-order valence-electron chi connectivity index (χ4n) is 1.50. The molecule has 1 amide bonds. The Balaban J connectivity index is 1.50. The highest BCUT2D eigenvalue weighted by Gasteiger charge is 2.05. The molecule has 0 spiro atoms. The van der Waals surface area contributed by atoms with Crippen LogP contribution in [0.15, 0.2) is 35.1 Å². The van der Waals surface area contributed by atoms with Gasteiger partial charge in [0.2, 0.25) is 5.91 Å². The molecule has 3 aromatic heterocycles. The number of anilines is 1. The van der Waals surface area contributed by atoms with Gasteiger partial charge in [0.15, 0.2) is 10.8 Å². The minimum Gasteiger partial charge on any atom is -0.302 e. The number of carbonyl (C=O) groups is 1. The van der Waals surface area contributed by atoms with Crippen LogP contribution in [0.3, 0.4) is 0 Å². The van der Waals surface area contributed by atoms with Gasteiger partial charge in [0.1, 0.15) is 11.4 Å². The Morgan fingerprint density at radius 2 is 2.40 bits per heavy atom. The van der Waals surface area contributed by atoms with Crippen molar-refractivity contribution < 1.29 is 4.79 Å². The Kier molecular flexibility index (Phi) is 3.88. The normalized spacial score (nSPS) is 10.8. The lowest BCUT2D eigenvalue weighted by Crippen LogP contribution is -2.11. The summed E-state index contributed by atoms with van der Waals surface area (Å²) in [5.74, 6) is 0.607. The van der Waals surface area contributed by atoms with Gasteiger partial charge in [-0.1, -0.05) is 0 Å². The molecule has 0 unspecified atom stereocenters. The molecule has 0 atom stereocenters. The summed E-state index contributed by atoms with van der Waals surface area (Å²) in [6.45, 7) is 0. The van der Waals surface area contributed by atoms with Crippen molar-refractivity contribution in [1.82, 2.24) is 24.8 Å². The van der Waals surface area contributed by atoms with E-state index in [-0.39, 0.29) is 5.91 Å². The van der Waals surface area contributed by atoms with Gasteiger partial charge >= 0.3 is 0 Å². The molecule has 0 aliphatic heterocycles. The van der Waals surface area contributed by atoms with E-state index in [1.807, 2.05) is 17.5 Å². The fraction of sp³-hybridized carbons (Fsp3) is 0.182. The predicted molar refractivity (Wildman–Crippen MR) is 76.9 cm³/mol. The van der Waals surface area contributed by atoms with Gasteiger partial charge in [0.05, 0.1) is 0 Å². The molecule has 0 aliphatic carbocycles.